The Balaban J connectivity index is 2.02. The van der Waals surface area contributed by atoms with Crippen molar-refractivity contribution in [3.8, 4) is 12.3 Å². The number of aliphatic hydroxyl groups excluding tert-OH is 1. The van der Waals surface area contributed by atoms with Gasteiger partial charge in [-0.25, -0.2) is 0 Å². The number of unbranched alkanes of at least 4 members (excludes halogenated alkanes) is 1. The minimum absolute atomic E-state index is 0.124. The van der Waals surface area contributed by atoms with Gasteiger partial charge in [0, 0.05) is 19.4 Å². The summed E-state index contributed by atoms with van der Waals surface area (Å²) in [6.07, 6.45) is 12.1. The lowest BCUT2D eigenvalue weighted by Crippen LogP contribution is -2.49. The number of hydrogen-bond donors (Lipinski definition) is 1. The van der Waals surface area contributed by atoms with Crippen LogP contribution in [0.5, 0.6) is 0 Å². The summed E-state index contributed by atoms with van der Waals surface area (Å²) < 4.78 is 19.6. The fourth-order valence-corrected chi connectivity index (χ4v) is 5.40. The summed E-state index contributed by atoms with van der Waals surface area (Å²) >= 11 is 0. The van der Waals surface area contributed by atoms with Crippen LogP contribution in [-0.4, -0.2) is 43.6 Å². The first kappa shape index (κ1) is 24.9. The highest BCUT2D eigenvalue weighted by Crippen LogP contribution is 2.49. The van der Waals surface area contributed by atoms with Crippen LogP contribution < -0.4 is 0 Å². The van der Waals surface area contributed by atoms with Crippen LogP contribution in [0.25, 0.3) is 0 Å². The second kappa shape index (κ2) is 9.40. The lowest BCUT2D eigenvalue weighted by Gasteiger charge is -2.44. The van der Waals surface area contributed by atoms with Crippen molar-refractivity contribution in [3.63, 3.8) is 0 Å². The summed E-state index contributed by atoms with van der Waals surface area (Å²) in [6.45, 7) is 16.5. The molecular weight excluding hydrogens is 380 g/mol. The summed E-state index contributed by atoms with van der Waals surface area (Å²) in [5.41, 5.74) is -0.659. The van der Waals surface area contributed by atoms with Gasteiger partial charge in [-0.2, -0.15) is 0 Å². The fourth-order valence-electron chi connectivity index (χ4n) is 4.34. The standard InChI is InChI=1S/C24H44O4Si/c1-9-11-14-23(21(25)10-2)16-17-24(28-23)15-12-19(3)20(27-24)13-18-26-29(7,8)22(4,5)6/h2,19-21,25H,9,11-18H2,1,3-8H3/t19-,20+,21-,23+,24-/m0/s1. The summed E-state index contributed by atoms with van der Waals surface area (Å²) in [4.78, 5) is 0. The van der Waals surface area contributed by atoms with Crippen LogP contribution in [0.3, 0.4) is 0 Å². The van der Waals surface area contributed by atoms with Gasteiger partial charge in [-0.3, -0.25) is 0 Å². The second-order valence-electron chi connectivity index (χ2n) is 10.8. The third-order valence-corrected chi connectivity index (χ3v) is 12.1. The van der Waals surface area contributed by atoms with Crippen molar-refractivity contribution in [2.45, 2.75) is 128 Å². The van der Waals surface area contributed by atoms with Gasteiger partial charge in [0.15, 0.2) is 14.1 Å². The Morgan fingerprint density at radius 2 is 1.97 bits per heavy atom. The monoisotopic (exact) mass is 424 g/mol. The van der Waals surface area contributed by atoms with E-state index in [2.05, 4.69) is 53.6 Å². The molecule has 1 N–H and O–H groups in total. The summed E-state index contributed by atoms with van der Waals surface area (Å²) in [6, 6.07) is 0. The summed E-state index contributed by atoms with van der Waals surface area (Å²) in [5, 5.41) is 10.8. The molecule has 0 saturated carbocycles. The minimum atomic E-state index is -1.75. The van der Waals surface area contributed by atoms with Crippen molar-refractivity contribution < 1.29 is 19.0 Å². The van der Waals surface area contributed by atoms with Crippen molar-refractivity contribution >= 4 is 8.32 Å². The summed E-state index contributed by atoms with van der Waals surface area (Å²) in [7, 11) is -1.75. The van der Waals surface area contributed by atoms with E-state index in [0.717, 1.165) is 58.0 Å². The second-order valence-corrected chi connectivity index (χ2v) is 15.6. The lowest BCUT2D eigenvalue weighted by molar-refractivity contribution is -0.308. The number of hydrogen-bond acceptors (Lipinski definition) is 4. The molecule has 2 aliphatic rings. The SMILES string of the molecule is C#C[C@H](O)[C@@]1(CCCC)CC[C@]2(CC[C@H](C)[C@@H](CCO[Si](C)(C)C(C)(C)C)O2)O1. The van der Waals surface area contributed by atoms with Gasteiger partial charge in [0.2, 0.25) is 0 Å². The summed E-state index contributed by atoms with van der Waals surface area (Å²) in [5.74, 6) is 2.41. The maximum atomic E-state index is 10.5. The van der Waals surface area contributed by atoms with Gasteiger partial charge in [0.25, 0.3) is 0 Å². The normalized spacial score (nSPS) is 34.3. The van der Waals surface area contributed by atoms with Crippen LogP contribution >= 0.6 is 0 Å². The zero-order chi connectivity index (χ0) is 21.9. The van der Waals surface area contributed by atoms with Gasteiger partial charge >= 0.3 is 0 Å². The van der Waals surface area contributed by atoms with Crippen molar-refractivity contribution in [1.82, 2.24) is 0 Å². The highest BCUT2D eigenvalue weighted by atomic mass is 28.4. The van der Waals surface area contributed by atoms with Gasteiger partial charge in [-0.1, -0.05) is 53.4 Å². The van der Waals surface area contributed by atoms with Crippen LogP contribution in [-0.2, 0) is 13.9 Å². The average molecular weight is 425 g/mol. The zero-order valence-electron chi connectivity index (χ0n) is 19.8. The van der Waals surface area contributed by atoms with E-state index in [1.807, 2.05) is 0 Å². The maximum absolute atomic E-state index is 10.5. The molecule has 4 nitrogen and oxygen atoms in total. The van der Waals surface area contributed by atoms with E-state index in [9.17, 15) is 5.11 Å². The Kier molecular flexibility index (Phi) is 8.07. The van der Waals surface area contributed by atoms with E-state index in [4.69, 9.17) is 20.3 Å². The predicted molar refractivity (Wildman–Crippen MR) is 121 cm³/mol. The molecule has 2 fully saturated rings. The molecule has 0 aromatic heterocycles. The molecular formula is C24H44O4Si. The largest absolute Gasteiger partial charge is 0.417 e. The highest BCUT2D eigenvalue weighted by Gasteiger charge is 2.55. The molecule has 0 aromatic rings. The number of rotatable bonds is 8. The highest BCUT2D eigenvalue weighted by molar-refractivity contribution is 6.74. The van der Waals surface area contributed by atoms with Crippen LogP contribution in [0.15, 0.2) is 0 Å². The molecule has 5 atom stereocenters. The molecule has 0 amide bonds. The molecule has 0 aromatic carbocycles. The van der Waals surface area contributed by atoms with Crippen molar-refractivity contribution in [2.24, 2.45) is 5.92 Å². The van der Waals surface area contributed by atoms with Gasteiger partial charge in [-0.15, -0.1) is 6.42 Å². The van der Waals surface area contributed by atoms with Crippen LogP contribution in [0.1, 0.15) is 86.0 Å². The molecule has 5 heteroatoms. The van der Waals surface area contributed by atoms with Crippen LogP contribution in [0.2, 0.25) is 18.1 Å². The number of aliphatic hydroxyl groups is 1. The third-order valence-electron chi connectivity index (χ3n) is 7.58. The predicted octanol–water partition coefficient (Wildman–Crippen LogP) is 5.64. The van der Waals surface area contributed by atoms with E-state index in [-0.39, 0.29) is 11.1 Å². The van der Waals surface area contributed by atoms with Crippen molar-refractivity contribution in [3.05, 3.63) is 0 Å². The maximum Gasteiger partial charge on any atom is 0.191 e. The molecule has 0 radical (unpaired) electrons. The van der Waals surface area contributed by atoms with E-state index in [0.29, 0.717) is 5.92 Å². The number of terminal acetylenes is 1. The quantitative estimate of drug-likeness (QED) is 0.404. The van der Waals surface area contributed by atoms with E-state index < -0.39 is 25.8 Å². The first-order valence-electron chi connectivity index (χ1n) is 11.6. The molecule has 2 heterocycles. The molecule has 0 bridgehead atoms. The third kappa shape index (κ3) is 5.65. The van der Waals surface area contributed by atoms with Gasteiger partial charge in [0.1, 0.15) is 11.7 Å². The Morgan fingerprint density at radius 1 is 1.28 bits per heavy atom. The van der Waals surface area contributed by atoms with E-state index >= 15 is 0 Å². The van der Waals surface area contributed by atoms with Crippen molar-refractivity contribution in [1.29, 1.82) is 0 Å². The molecule has 29 heavy (non-hydrogen) atoms. The molecule has 0 aliphatic carbocycles. The first-order chi connectivity index (χ1) is 13.4. The first-order valence-corrected chi connectivity index (χ1v) is 14.5. The smallest absolute Gasteiger partial charge is 0.191 e. The van der Waals surface area contributed by atoms with Crippen LogP contribution in [0, 0.1) is 18.3 Å². The Bertz CT molecular complexity index is 578. The Labute approximate surface area is 180 Å². The average Bonchev–Trinajstić information content (AvgIpc) is 3.01. The molecule has 168 valence electrons. The molecule has 2 saturated heterocycles. The molecule has 2 aliphatic heterocycles. The molecule has 1 spiro atoms. The number of ether oxygens (including phenoxy) is 2. The van der Waals surface area contributed by atoms with E-state index in [1.165, 1.54) is 0 Å². The Hall–Kier alpha value is -0.383. The van der Waals surface area contributed by atoms with Crippen molar-refractivity contribution in [2.75, 3.05) is 6.61 Å². The molecule has 0 unspecified atom stereocenters. The lowest BCUT2D eigenvalue weighted by atomic mass is 9.86. The topological polar surface area (TPSA) is 47.9 Å². The van der Waals surface area contributed by atoms with Gasteiger partial charge in [0.05, 0.1) is 6.10 Å². The van der Waals surface area contributed by atoms with Crippen LogP contribution in [0.4, 0.5) is 0 Å². The minimum Gasteiger partial charge on any atom is -0.417 e. The fraction of sp³-hybridized carbons (Fsp3) is 0.917. The van der Waals surface area contributed by atoms with Gasteiger partial charge < -0.3 is 19.0 Å². The molecule has 2 rings (SSSR count). The van der Waals surface area contributed by atoms with Gasteiger partial charge in [-0.05, 0) is 49.7 Å². The van der Waals surface area contributed by atoms with E-state index in [1.54, 1.807) is 0 Å². The zero-order valence-corrected chi connectivity index (χ0v) is 20.8. The Morgan fingerprint density at radius 3 is 2.55 bits per heavy atom.